The van der Waals surface area contributed by atoms with Crippen LogP contribution in [0.1, 0.15) is 11.1 Å². The van der Waals surface area contributed by atoms with Crippen LogP contribution in [0.15, 0.2) is 28.5 Å². The molecular formula is C9H9NO2S. The molecule has 13 heavy (non-hydrogen) atoms. The lowest BCUT2D eigenvalue weighted by atomic mass is 10.1. The lowest BCUT2D eigenvalue weighted by Gasteiger charge is -2.03. The van der Waals surface area contributed by atoms with Gasteiger partial charge in [0.25, 0.3) is 0 Å². The molecule has 0 aliphatic carbocycles. The standard InChI is InChI=1S/C9H9NO2S/c10-6-7-2-1-3-9-8(7)4-5-13(9,11)12/h1-5H,6,10H2. The first-order valence-electron chi connectivity index (χ1n) is 3.90. The molecule has 1 aromatic rings. The normalized spacial score (nSPS) is 17.3. The molecule has 1 aliphatic rings. The van der Waals surface area contributed by atoms with Crippen molar-refractivity contribution in [1.29, 1.82) is 0 Å². The summed E-state index contributed by atoms with van der Waals surface area (Å²) in [5.41, 5.74) is 7.09. The second kappa shape index (κ2) is 2.68. The van der Waals surface area contributed by atoms with Crippen molar-refractivity contribution in [3.63, 3.8) is 0 Å². The predicted molar refractivity (Wildman–Crippen MR) is 50.6 cm³/mol. The summed E-state index contributed by atoms with van der Waals surface area (Å²) in [7, 11) is -3.17. The van der Waals surface area contributed by atoms with Gasteiger partial charge in [-0.15, -0.1) is 0 Å². The molecule has 0 amide bonds. The summed E-state index contributed by atoms with van der Waals surface area (Å²) in [6.45, 7) is 0.364. The Hall–Kier alpha value is -1.13. The summed E-state index contributed by atoms with van der Waals surface area (Å²) in [5, 5.41) is 1.22. The fourth-order valence-corrected chi connectivity index (χ4v) is 2.67. The molecule has 0 bridgehead atoms. The summed E-state index contributed by atoms with van der Waals surface area (Å²) in [4.78, 5) is 0.371. The van der Waals surface area contributed by atoms with E-state index in [2.05, 4.69) is 0 Å². The van der Waals surface area contributed by atoms with Crippen LogP contribution < -0.4 is 5.73 Å². The van der Waals surface area contributed by atoms with Crippen LogP contribution in [0.2, 0.25) is 0 Å². The maximum Gasteiger partial charge on any atom is 0.200 e. The molecule has 0 radical (unpaired) electrons. The molecule has 0 saturated carbocycles. The number of sulfone groups is 1. The van der Waals surface area contributed by atoms with Crippen molar-refractivity contribution in [3.05, 3.63) is 34.7 Å². The van der Waals surface area contributed by atoms with E-state index in [1.165, 1.54) is 5.41 Å². The molecule has 3 nitrogen and oxygen atoms in total. The predicted octanol–water partition coefficient (Wildman–Crippen LogP) is 0.903. The number of hydrogen-bond donors (Lipinski definition) is 1. The number of fused-ring (bicyclic) bond motifs is 1. The summed E-state index contributed by atoms with van der Waals surface area (Å²) < 4.78 is 22.8. The van der Waals surface area contributed by atoms with Gasteiger partial charge >= 0.3 is 0 Å². The largest absolute Gasteiger partial charge is 0.326 e. The molecule has 0 unspecified atom stereocenters. The van der Waals surface area contributed by atoms with Gasteiger partial charge in [0, 0.05) is 12.0 Å². The highest BCUT2D eigenvalue weighted by Crippen LogP contribution is 2.28. The summed E-state index contributed by atoms with van der Waals surface area (Å²) in [6, 6.07) is 5.15. The second-order valence-corrected chi connectivity index (χ2v) is 4.68. The van der Waals surface area contributed by atoms with E-state index in [0.717, 1.165) is 11.1 Å². The van der Waals surface area contributed by atoms with E-state index in [-0.39, 0.29) is 0 Å². The highest BCUT2D eigenvalue weighted by Gasteiger charge is 2.21. The zero-order chi connectivity index (χ0) is 9.47. The average molecular weight is 195 g/mol. The second-order valence-electron chi connectivity index (χ2n) is 2.88. The summed E-state index contributed by atoms with van der Waals surface area (Å²) in [6.07, 6.45) is 1.60. The van der Waals surface area contributed by atoms with Crippen LogP contribution >= 0.6 is 0 Å². The highest BCUT2D eigenvalue weighted by molar-refractivity contribution is 7.94. The molecule has 2 N–H and O–H groups in total. The molecule has 1 aromatic carbocycles. The first-order chi connectivity index (χ1) is 6.15. The third-order valence-corrected chi connectivity index (χ3v) is 3.56. The Morgan fingerprint density at radius 2 is 2.08 bits per heavy atom. The third kappa shape index (κ3) is 1.18. The highest BCUT2D eigenvalue weighted by atomic mass is 32.2. The number of hydrogen-bond acceptors (Lipinski definition) is 3. The Morgan fingerprint density at radius 3 is 2.77 bits per heavy atom. The zero-order valence-electron chi connectivity index (χ0n) is 6.90. The van der Waals surface area contributed by atoms with E-state index in [1.807, 2.05) is 6.07 Å². The monoisotopic (exact) mass is 195 g/mol. The number of benzene rings is 1. The molecule has 4 heteroatoms. The molecule has 1 aliphatic heterocycles. The van der Waals surface area contributed by atoms with Gasteiger partial charge in [-0.2, -0.15) is 0 Å². The Morgan fingerprint density at radius 1 is 1.31 bits per heavy atom. The van der Waals surface area contributed by atoms with Crippen molar-refractivity contribution in [2.45, 2.75) is 11.4 Å². The molecular weight excluding hydrogens is 186 g/mol. The van der Waals surface area contributed by atoms with Crippen molar-refractivity contribution < 1.29 is 8.42 Å². The molecule has 0 atom stereocenters. The van der Waals surface area contributed by atoms with Gasteiger partial charge in [-0.3, -0.25) is 0 Å². The molecule has 0 fully saturated rings. The van der Waals surface area contributed by atoms with Crippen LogP contribution in [0.4, 0.5) is 0 Å². The topological polar surface area (TPSA) is 60.2 Å². The number of nitrogens with two attached hydrogens (primary N) is 1. The van der Waals surface area contributed by atoms with E-state index in [1.54, 1.807) is 18.2 Å². The van der Waals surface area contributed by atoms with E-state index < -0.39 is 9.84 Å². The third-order valence-electron chi connectivity index (χ3n) is 2.10. The first kappa shape index (κ1) is 8.47. The summed E-state index contributed by atoms with van der Waals surface area (Å²) >= 11 is 0. The maximum atomic E-state index is 11.4. The van der Waals surface area contributed by atoms with Crippen LogP contribution in [0.25, 0.3) is 6.08 Å². The van der Waals surface area contributed by atoms with Gasteiger partial charge < -0.3 is 5.73 Å². The van der Waals surface area contributed by atoms with Crippen molar-refractivity contribution in [2.75, 3.05) is 0 Å². The van der Waals surface area contributed by atoms with Gasteiger partial charge in [0.05, 0.1) is 4.90 Å². The minimum absolute atomic E-state index is 0.364. The average Bonchev–Trinajstić information content (AvgIpc) is 2.43. The van der Waals surface area contributed by atoms with Crippen LogP contribution in [0.5, 0.6) is 0 Å². The maximum absolute atomic E-state index is 11.4. The lowest BCUT2D eigenvalue weighted by molar-refractivity contribution is 0.605. The molecule has 0 spiro atoms. The minimum Gasteiger partial charge on any atom is -0.326 e. The summed E-state index contributed by atoms with van der Waals surface area (Å²) in [5.74, 6) is 0. The Bertz CT molecular complexity index is 474. The van der Waals surface area contributed by atoms with Crippen LogP contribution in [0, 0.1) is 0 Å². The molecule has 1 heterocycles. The Balaban J connectivity index is 2.76. The van der Waals surface area contributed by atoms with E-state index in [0.29, 0.717) is 11.4 Å². The molecule has 68 valence electrons. The molecule has 0 saturated heterocycles. The first-order valence-corrected chi connectivity index (χ1v) is 5.45. The Labute approximate surface area is 76.8 Å². The van der Waals surface area contributed by atoms with E-state index >= 15 is 0 Å². The SMILES string of the molecule is NCc1cccc2c1C=CS2(=O)=O. The van der Waals surface area contributed by atoms with Gasteiger partial charge in [0.2, 0.25) is 0 Å². The quantitative estimate of drug-likeness (QED) is 0.724. The fourth-order valence-electron chi connectivity index (χ4n) is 1.44. The van der Waals surface area contributed by atoms with E-state index in [4.69, 9.17) is 5.73 Å². The van der Waals surface area contributed by atoms with Gasteiger partial charge in [-0.1, -0.05) is 12.1 Å². The van der Waals surface area contributed by atoms with Crippen molar-refractivity contribution in [2.24, 2.45) is 5.73 Å². The smallest absolute Gasteiger partial charge is 0.200 e. The van der Waals surface area contributed by atoms with Crippen molar-refractivity contribution in [3.8, 4) is 0 Å². The van der Waals surface area contributed by atoms with Gasteiger partial charge in [-0.05, 0) is 23.3 Å². The van der Waals surface area contributed by atoms with Crippen LogP contribution in [-0.4, -0.2) is 8.42 Å². The van der Waals surface area contributed by atoms with E-state index in [9.17, 15) is 8.42 Å². The van der Waals surface area contributed by atoms with Gasteiger partial charge in [-0.25, -0.2) is 8.42 Å². The van der Waals surface area contributed by atoms with Crippen LogP contribution in [-0.2, 0) is 16.4 Å². The van der Waals surface area contributed by atoms with Crippen LogP contribution in [0.3, 0.4) is 0 Å². The number of rotatable bonds is 1. The van der Waals surface area contributed by atoms with Gasteiger partial charge in [0.1, 0.15) is 0 Å². The van der Waals surface area contributed by atoms with Crippen molar-refractivity contribution in [1.82, 2.24) is 0 Å². The molecule has 0 aromatic heterocycles. The minimum atomic E-state index is -3.17. The van der Waals surface area contributed by atoms with Crippen molar-refractivity contribution >= 4 is 15.9 Å². The fraction of sp³-hybridized carbons (Fsp3) is 0.111. The molecule has 2 rings (SSSR count). The zero-order valence-corrected chi connectivity index (χ0v) is 7.71. The lowest BCUT2D eigenvalue weighted by Crippen LogP contribution is -2.01. The van der Waals surface area contributed by atoms with Gasteiger partial charge in [0.15, 0.2) is 9.84 Å². The Kier molecular flexibility index (Phi) is 1.75.